The molecule has 0 bridgehead atoms. The Morgan fingerprint density at radius 1 is 1.37 bits per heavy atom. The number of rotatable bonds is 6. The lowest BCUT2D eigenvalue weighted by Crippen LogP contribution is -2.44. The molecular weight excluding hydrogens is 488 g/mol. The van der Waals surface area contributed by atoms with Crippen LogP contribution in [0.3, 0.4) is 0 Å². The van der Waals surface area contributed by atoms with Crippen LogP contribution in [0, 0.1) is 12.3 Å². The Balaban J connectivity index is 1.89. The number of thiocarbonyl (C=S) groups is 1. The molecule has 1 N–H and O–H groups in total. The largest absolute Gasteiger partial charge is 0.493 e. The highest BCUT2D eigenvalue weighted by atomic mass is 79.9. The molecule has 0 unspecified atom stereocenters. The Morgan fingerprint density at radius 2 is 2.10 bits per heavy atom. The summed E-state index contributed by atoms with van der Waals surface area (Å²) in [7, 11) is 1.51. The van der Waals surface area contributed by atoms with Crippen LogP contribution in [0.25, 0.3) is 6.08 Å². The minimum absolute atomic E-state index is 0.0346. The summed E-state index contributed by atoms with van der Waals surface area (Å²) in [5.41, 5.74) is 3.53. The van der Waals surface area contributed by atoms with Crippen molar-refractivity contribution in [1.82, 2.24) is 10.4 Å². The molecule has 2 amide bonds. The first-order valence-electron chi connectivity index (χ1n) is 8.52. The number of benzene rings is 2. The van der Waals surface area contributed by atoms with Gasteiger partial charge in [0.25, 0.3) is 11.8 Å². The van der Waals surface area contributed by atoms with E-state index in [1.54, 1.807) is 48.5 Å². The van der Waals surface area contributed by atoms with Crippen molar-refractivity contribution in [3.05, 3.63) is 63.0 Å². The van der Waals surface area contributed by atoms with Crippen molar-refractivity contribution in [3.8, 4) is 23.8 Å². The maximum atomic E-state index is 12.9. The minimum Gasteiger partial charge on any atom is -0.493 e. The van der Waals surface area contributed by atoms with Gasteiger partial charge in [0.1, 0.15) is 6.61 Å². The molecule has 0 saturated carbocycles. The summed E-state index contributed by atoms with van der Waals surface area (Å²) in [5.74, 6) is 2.38. The molecule has 152 valence electrons. The molecule has 3 rings (SSSR count). The fourth-order valence-corrected chi connectivity index (χ4v) is 4.20. The molecule has 0 aromatic heterocycles. The fourth-order valence-electron chi connectivity index (χ4n) is 2.58. The lowest BCUT2D eigenvalue weighted by Gasteiger charge is -2.15. The van der Waals surface area contributed by atoms with Crippen LogP contribution in [0.2, 0.25) is 0 Å². The Kier molecular flexibility index (Phi) is 7.15. The van der Waals surface area contributed by atoms with Gasteiger partial charge in [-0.3, -0.25) is 15.0 Å². The molecule has 2 aromatic rings. The van der Waals surface area contributed by atoms with E-state index in [9.17, 15) is 9.59 Å². The van der Waals surface area contributed by atoms with Crippen molar-refractivity contribution < 1.29 is 19.1 Å². The van der Waals surface area contributed by atoms with Crippen LogP contribution < -0.4 is 14.9 Å². The Hall–Kier alpha value is -2.80. The van der Waals surface area contributed by atoms with Crippen LogP contribution in [0.4, 0.5) is 0 Å². The zero-order valence-electron chi connectivity index (χ0n) is 15.7. The van der Waals surface area contributed by atoms with Gasteiger partial charge in [0.05, 0.1) is 12.0 Å². The topological polar surface area (TPSA) is 67.9 Å². The average molecular weight is 503 g/mol. The van der Waals surface area contributed by atoms with Crippen LogP contribution in [-0.4, -0.2) is 34.9 Å². The molecule has 1 saturated heterocycles. The van der Waals surface area contributed by atoms with Gasteiger partial charge >= 0.3 is 0 Å². The van der Waals surface area contributed by atoms with Gasteiger partial charge in [-0.05, 0) is 42.6 Å². The highest BCUT2D eigenvalue weighted by molar-refractivity contribution is 9.10. The van der Waals surface area contributed by atoms with Crippen molar-refractivity contribution in [1.29, 1.82) is 0 Å². The van der Waals surface area contributed by atoms with Gasteiger partial charge in [-0.25, -0.2) is 0 Å². The molecule has 1 fully saturated rings. The number of methoxy groups -OCH3 is 1. The maximum absolute atomic E-state index is 12.9. The van der Waals surface area contributed by atoms with E-state index in [4.69, 9.17) is 28.1 Å². The molecule has 0 aliphatic carbocycles. The number of nitrogens with one attached hydrogen (secondary N) is 1. The van der Waals surface area contributed by atoms with Gasteiger partial charge in [-0.15, -0.1) is 6.42 Å². The molecule has 1 aliphatic heterocycles. The smallest absolute Gasteiger partial charge is 0.285 e. The summed E-state index contributed by atoms with van der Waals surface area (Å²) in [5, 5.41) is 1.05. The highest BCUT2D eigenvalue weighted by Gasteiger charge is 2.34. The van der Waals surface area contributed by atoms with Crippen molar-refractivity contribution in [2.24, 2.45) is 0 Å². The van der Waals surface area contributed by atoms with E-state index in [0.29, 0.717) is 27.5 Å². The lowest BCUT2D eigenvalue weighted by atomic mass is 10.1. The first-order chi connectivity index (χ1) is 14.4. The SMILES string of the molecule is C#CCOc1c(/C=C2\SC(=S)N(NC(=O)c3ccccc3)C2=O)cc(Br)cc1OC. The fraction of sp³-hybridized carbons (Fsp3) is 0.0952. The molecule has 9 heteroatoms. The standard InChI is InChI=1S/C21H15BrN2O4S2/c1-3-9-28-18-14(10-15(22)12-16(18)27-2)11-17-20(26)24(21(29)30-17)23-19(25)13-7-5-4-6-8-13/h1,4-8,10-12H,9H2,2H3,(H,23,25)/b17-11-. The average Bonchev–Trinajstić information content (AvgIpc) is 3.00. The van der Waals surface area contributed by atoms with E-state index in [0.717, 1.165) is 21.2 Å². The summed E-state index contributed by atoms with van der Waals surface area (Å²) < 4.78 is 11.9. The second-order valence-corrected chi connectivity index (χ2v) is 8.43. The molecule has 1 aliphatic rings. The number of nitrogens with zero attached hydrogens (tertiary/aromatic N) is 1. The number of hydrazine groups is 1. The zero-order valence-corrected chi connectivity index (χ0v) is 18.9. The monoisotopic (exact) mass is 502 g/mol. The number of thioether (sulfide) groups is 1. The van der Waals surface area contributed by atoms with Gasteiger partial charge in [0.15, 0.2) is 15.8 Å². The summed E-state index contributed by atoms with van der Waals surface area (Å²) in [4.78, 5) is 25.6. The van der Waals surface area contributed by atoms with Gasteiger partial charge < -0.3 is 9.47 Å². The second-order valence-electron chi connectivity index (χ2n) is 5.84. The summed E-state index contributed by atoms with van der Waals surface area (Å²) in [6.45, 7) is 0.0346. The number of terminal acetylenes is 1. The summed E-state index contributed by atoms with van der Waals surface area (Å²) >= 11 is 9.76. The van der Waals surface area contributed by atoms with Gasteiger partial charge in [0.2, 0.25) is 0 Å². The van der Waals surface area contributed by atoms with Crippen molar-refractivity contribution in [2.75, 3.05) is 13.7 Å². The molecule has 0 atom stereocenters. The van der Waals surface area contributed by atoms with Crippen LogP contribution in [0.5, 0.6) is 11.5 Å². The van der Waals surface area contributed by atoms with Gasteiger partial charge in [-0.1, -0.05) is 51.8 Å². The van der Waals surface area contributed by atoms with Crippen LogP contribution in [0.1, 0.15) is 15.9 Å². The summed E-state index contributed by atoms with van der Waals surface area (Å²) in [6.07, 6.45) is 6.92. The lowest BCUT2D eigenvalue weighted by molar-refractivity contribution is -0.123. The minimum atomic E-state index is -0.448. The van der Waals surface area contributed by atoms with Crippen molar-refractivity contribution >= 4 is 62.1 Å². The maximum Gasteiger partial charge on any atom is 0.285 e. The molecule has 6 nitrogen and oxygen atoms in total. The first kappa shape index (κ1) is 21.9. The molecule has 30 heavy (non-hydrogen) atoms. The van der Waals surface area contributed by atoms with Crippen molar-refractivity contribution in [2.45, 2.75) is 0 Å². The quantitative estimate of drug-likeness (QED) is 0.365. The molecule has 2 aromatic carbocycles. The third-order valence-electron chi connectivity index (χ3n) is 3.90. The Morgan fingerprint density at radius 3 is 2.77 bits per heavy atom. The number of halogens is 1. The predicted octanol–water partition coefficient (Wildman–Crippen LogP) is 4.02. The van der Waals surface area contributed by atoms with Crippen LogP contribution in [-0.2, 0) is 4.79 Å². The molecule has 1 heterocycles. The van der Waals surface area contributed by atoms with E-state index in [1.165, 1.54) is 7.11 Å². The molecule has 0 spiro atoms. The zero-order chi connectivity index (χ0) is 21.7. The van der Waals surface area contributed by atoms with Gasteiger partial charge in [0, 0.05) is 15.6 Å². The predicted molar refractivity (Wildman–Crippen MR) is 124 cm³/mol. The van der Waals surface area contributed by atoms with Crippen LogP contribution in [0.15, 0.2) is 51.8 Å². The Labute approximate surface area is 191 Å². The number of ether oxygens (including phenoxy) is 2. The number of carbonyl (C=O) groups excluding carboxylic acids is 2. The Bertz CT molecular complexity index is 1080. The van der Waals surface area contributed by atoms with E-state index in [1.807, 2.05) is 0 Å². The van der Waals surface area contributed by atoms with E-state index < -0.39 is 11.8 Å². The third-order valence-corrected chi connectivity index (χ3v) is 5.66. The van der Waals surface area contributed by atoms with E-state index >= 15 is 0 Å². The normalized spacial score (nSPS) is 14.6. The number of hydrogen-bond acceptors (Lipinski definition) is 6. The first-order valence-corrected chi connectivity index (χ1v) is 10.5. The van der Waals surface area contributed by atoms with Crippen molar-refractivity contribution in [3.63, 3.8) is 0 Å². The van der Waals surface area contributed by atoms with E-state index in [2.05, 4.69) is 27.3 Å². The van der Waals surface area contributed by atoms with E-state index in [-0.39, 0.29) is 10.9 Å². The third kappa shape index (κ3) is 4.84. The number of hydrogen-bond donors (Lipinski definition) is 1. The second kappa shape index (κ2) is 9.80. The molecular formula is C21H15BrN2O4S2. The number of carbonyl (C=O) groups is 2. The van der Waals surface area contributed by atoms with Crippen LogP contribution >= 0.6 is 39.9 Å². The molecule has 0 radical (unpaired) electrons. The number of amides is 2. The van der Waals surface area contributed by atoms with Gasteiger partial charge in [-0.2, -0.15) is 5.01 Å². The summed E-state index contributed by atoms with van der Waals surface area (Å²) in [6, 6.07) is 12.1. The highest BCUT2D eigenvalue weighted by Crippen LogP contribution is 2.39.